The molecule has 8 nitrogen and oxygen atoms in total. The fourth-order valence-corrected chi connectivity index (χ4v) is 5.27. The number of hydrogen-bond donors (Lipinski definition) is 1. The molecule has 2 aromatic rings. The fourth-order valence-electron chi connectivity index (χ4n) is 4.30. The Kier molecular flexibility index (Phi) is 6.21. The maximum absolute atomic E-state index is 12.7. The van der Waals surface area contributed by atoms with Gasteiger partial charge in [-0.05, 0) is 42.0 Å². The molecule has 0 saturated carbocycles. The van der Waals surface area contributed by atoms with Crippen LogP contribution in [-0.4, -0.2) is 68.4 Å². The van der Waals surface area contributed by atoms with Gasteiger partial charge in [0.05, 0.1) is 11.3 Å². The summed E-state index contributed by atoms with van der Waals surface area (Å²) in [5.74, 6) is 0.0413. The number of amides is 1. The highest BCUT2D eigenvalue weighted by atomic mass is 32.2. The summed E-state index contributed by atoms with van der Waals surface area (Å²) in [7, 11) is -3.41. The average molecular weight is 478 g/mol. The standard InChI is InChI=1S/C25H27N5O3S/c31-25(21-6-11-24-27-34(32,33)17-16-30(24)19-21)26-22-7-9-23(10-8-22)29-14-12-28(13-15-29)18-20-4-2-1-3-5-20/h1-11,19H,12-18H2,(H,26,31). The number of fused-ring (bicyclic) bond motifs is 1. The number of benzene rings is 2. The predicted octanol–water partition coefficient (Wildman–Crippen LogP) is 2.44. The van der Waals surface area contributed by atoms with E-state index in [2.05, 4.69) is 43.8 Å². The van der Waals surface area contributed by atoms with Crippen molar-refractivity contribution in [2.45, 2.75) is 6.54 Å². The van der Waals surface area contributed by atoms with Gasteiger partial charge in [0.15, 0.2) is 0 Å². The van der Waals surface area contributed by atoms with E-state index in [-0.39, 0.29) is 18.2 Å². The minimum absolute atomic E-state index is 0.0578. The van der Waals surface area contributed by atoms with Crippen molar-refractivity contribution in [2.75, 3.05) is 48.7 Å². The van der Waals surface area contributed by atoms with Crippen molar-refractivity contribution in [3.05, 3.63) is 84.1 Å². The first-order valence-electron chi connectivity index (χ1n) is 11.4. The van der Waals surface area contributed by atoms with Crippen molar-refractivity contribution in [1.82, 2.24) is 9.80 Å². The molecule has 0 atom stereocenters. The predicted molar refractivity (Wildman–Crippen MR) is 134 cm³/mol. The fraction of sp³-hybridized carbons (Fsp3) is 0.280. The molecule has 0 aromatic heterocycles. The molecule has 5 rings (SSSR count). The Labute approximate surface area is 199 Å². The topological polar surface area (TPSA) is 85.3 Å². The zero-order valence-electron chi connectivity index (χ0n) is 18.8. The molecule has 1 saturated heterocycles. The van der Waals surface area contributed by atoms with Crippen molar-refractivity contribution in [2.24, 2.45) is 4.40 Å². The molecule has 0 unspecified atom stereocenters. The lowest BCUT2D eigenvalue weighted by Crippen LogP contribution is -2.45. The first-order chi connectivity index (χ1) is 16.4. The van der Waals surface area contributed by atoms with Gasteiger partial charge in [0, 0.05) is 56.8 Å². The Hall–Kier alpha value is -3.43. The van der Waals surface area contributed by atoms with Gasteiger partial charge in [0.2, 0.25) is 0 Å². The highest BCUT2D eigenvalue weighted by Gasteiger charge is 2.25. The lowest BCUT2D eigenvalue weighted by atomic mass is 10.1. The van der Waals surface area contributed by atoms with Gasteiger partial charge in [-0.1, -0.05) is 30.3 Å². The second kappa shape index (κ2) is 9.44. The molecule has 0 radical (unpaired) electrons. The van der Waals surface area contributed by atoms with Crippen LogP contribution >= 0.6 is 0 Å². The summed E-state index contributed by atoms with van der Waals surface area (Å²) in [4.78, 5) is 19.2. The number of carbonyl (C=O) groups is 1. The summed E-state index contributed by atoms with van der Waals surface area (Å²) < 4.78 is 27.0. The maximum atomic E-state index is 12.7. The second-order valence-corrected chi connectivity index (χ2v) is 10.4. The average Bonchev–Trinajstić information content (AvgIpc) is 2.85. The van der Waals surface area contributed by atoms with Gasteiger partial charge in [0.25, 0.3) is 15.9 Å². The Balaban J connectivity index is 1.15. The van der Waals surface area contributed by atoms with Gasteiger partial charge in [-0.2, -0.15) is 0 Å². The van der Waals surface area contributed by atoms with Crippen LogP contribution in [0.4, 0.5) is 11.4 Å². The van der Waals surface area contributed by atoms with Crippen molar-refractivity contribution >= 4 is 33.1 Å². The number of rotatable bonds is 5. The van der Waals surface area contributed by atoms with Crippen molar-refractivity contribution in [1.29, 1.82) is 0 Å². The summed E-state index contributed by atoms with van der Waals surface area (Å²) in [5.41, 5.74) is 3.65. The molecule has 3 heterocycles. The van der Waals surface area contributed by atoms with E-state index in [0.717, 1.165) is 38.4 Å². The van der Waals surface area contributed by atoms with E-state index in [9.17, 15) is 13.2 Å². The first-order valence-corrected chi connectivity index (χ1v) is 13.0. The van der Waals surface area contributed by atoms with Crippen LogP contribution in [0.25, 0.3) is 0 Å². The van der Waals surface area contributed by atoms with E-state index in [0.29, 0.717) is 17.1 Å². The van der Waals surface area contributed by atoms with Crippen molar-refractivity contribution in [3.8, 4) is 0 Å². The van der Waals surface area contributed by atoms with Gasteiger partial charge in [-0.3, -0.25) is 9.69 Å². The minimum Gasteiger partial charge on any atom is -0.369 e. The van der Waals surface area contributed by atoms with E-state index < -0.39 is 10.0 Å². The third kappa shape index (κ3) is 5.21. The summed E-state index contributed by atoms with van der Waals surface area (Å²) in [6.07, 6.45) is 4.80. The number of nitrogens with zero attached hydrogens (tertiary/aromatic N) is 4. The van der Waals surface area contributed by atoms with Crippen LogP contribution in [0.3, 0.4) is 0 Å². The Morgan fingerprint density at radius 1 is 0.912 bits per heavy atom. The van der Waals surface area contributed by atoms with E-state index in [1.54, 1.807) is 23.3 Å². The summed E-state index contributed by atoms with van der Waals surface area (Å²) in [6, 6.07) is 18.4. The lowest BCUT2D eigenvalue weighted by Gasteiger charge is -2.36. The highest BCUT2D eigenvalue weighted by Crippen LogP contribution is 2.22. The molecule has 0 spiro atoms. The molecule has 1 N–H and O–H groups in total. The van der Waals surface area contributed by atoms with Gasteiger partial charge >= 0.3 is 0 Å². The van der Waals surface area contributed by atoms with Gasteiger partial charge < -0.3 is 15.1 Å². The number of amidine groups is 1. The van der Waals surface area contributed by atoms with E-state index in [1.165, 1.54) is 5.56 Å². The molecule has 176 valence electrons. The molecule has 0 bridgehead atoms. The molecule has 2 aromatic carbocycles. The monoisotopic (exact) mass is 477 g/mol. The quantitative estimate of drug-likeness (QED) is 0.712. The number of nitrogens with one attached hydrogen (secondary N) is 1. The van der Waals surface area contributed by atoms with Crippen LogP contribution in [0.5, 0.6) is 0 Å². The van der Waals surface area contributed by atoms with Crippen LogP contribution in [-0.2, 0) is 21.4 Å². The first kappa shape index (κ1) is 22.4. The highest BCUT2D eigenvalue weighted by molar-refractivity contribution is 7.90. The van der Waals surface area contributed by atoms with Gasteiger partial charge in [-0.25, -0.2) is 8.42 Å². The van der Waals surface area contributed by atoms with E-state index in [1.807, 2.05) is 30.3 Å². The molecular weight excluding hydrogens is 450 g/mol. The van der Waals surface area contributed by atoms with Gasteiger partial charge in [-0.15, -0.1) is 4.40 Å². The third-order valence-corrected chi connectivity index (χ3v) is 7.36. The Morgan fingerprint density at radius 3 is 2.38 bits per heavy atom. The molecule has 34 heavy (non-hydrogen) atoms. The van der Waals surface area contributed by atoms with Crippen LogP contribution in [0.2, 0.25) is 0 Å². The maximum Gasteiger partial charge on any atom is 0.257 e. The molecular formula is C25H27N5O3S. The van der Waals surface area contributed by atoms with Crippen LogP contribution < -0.4 is 10.2 Å². The smallest absolute Gasteiger partial charge is 0.257 e. The third-order valence-electron chi connectivity index (χ3n) is 6.20. The SMILES string of the molecule is O=C(Nc1ccc(N2CCN(Cc3ccccc3)CC2)cc1)C1=CN2CCS(=O)(=O)N=C2C=C1. The van der Waals surface area contributed by atoms with Gasteiger partial charge in [0.1, 0.15) is 5.84 Å². The normalized spacial score (nSPS) is 19.8. The zero-order chi connectivity index (χ0) is 23.5. The molecule has 0 aliphatic carbocycles. The molecule has 3 aliphatic heterocycles. The molecule has 3 aliphatic rings. The summed E-state index contributed by atoms with van der Waals surface area (Å²) in [6.45, 7) is 5.21. The second-order valence-electron chi connectivity index (χ2n) is 8.60. The summed E-state index contributed by atoms with van der Waals surface area (Å²) in [5, 5.41) is 2.92. The number of hydrogen-bond acceptors (Lipinski definition) is 6. The Morgan fingerprint density at radius 2 is 1.65 bits per heavy atom. The van der Waals surface area contributed by atoms with Crippen molar-refractivity contribution in [3.63, 3.8) is 0 Å². The van der Waals surface area contributed by atoms with Crippen molar-refractivity contribution < 1.29 is 13.2 Å². The minimum atomic E-state index is -3.41. The largest absolute Gasteiger partial charge is 0.369 e. The molecule has 9 heteroatoms. The number of carbonyl (C=O) groups excluding carboxylic acids is 1. The Bertz CT molecular complexity index is 1250. The number of sulfonamides is 1. The van der Waals surface area contributed by atoms with Crippen LogP contribution in [0.1, 0.15) is 5.56 Å². The molecule has 1 amide bonds. The van der Waals surface area contributed by atoms with Crippen LogP contribution in [0.15, 0.2) is 82.9 Å². The number of piperazine rings is 1. The number of anilines is 2. The molecule has 1 fully saturated rings. The van der Waals surface area contributed by atoms with Crippen LogP contribution in [0, 0.1) is 0 Å². The van der Waals surface area contributed by atoms with E-state index in [4.69, 9.17) is 0 Å². The lowest BCUT2D eigenvalue weighted by molar-refractivity contribution is -0.112. The van der Waals surface area contributed by atoms with E-state index >= 15 is 0 Å². The zero-order valence-corrected chi connectivity index (χ0v) is 19.6. The summed E-state index contributed by atoms with van der Waals surface area (Å²) >= 11 is 0.